The Morgan fingerprint density at radius 3 is 1.52 bits per heavy atom. The van der Waals surface area contributed by atoms with Gasteiger partial charge >= 0.3 is 11.9 Å². The summed E-state index contributed by atoms with van der Waals surface area (Å²) in [7, 11) is 0. The molecule has 0 saturated carbocycles. The highest BCUT2D eigenvalue weighted by Gasteiger charge is 2.07. The van der Waals surface area contributed by atoms with Crippen LogP contribution in [0.1, 0.15) is 25.0 Å². The number of aliphatic carboxylic acids is 2. The van der Waals surface area contributed by atoms with Gasteiger partial charge in [0.1, 0.15) is 0 Å². The highest BCUT2D eigenvalue weighted by molar-refractivity contribution is 6.33. The van der Waals surface area contributed by atoms with E-state index in [9.17, 15) is 9.59 Å². The predicted octanol–water partition coefficient (Wildman–Crippen LogP) is 6.65. The number of carboxylic acid groups (broad SMARTS) is 2. The maximum absolute atomic E-state index is 11.0. The zero-order valence-corrected chi connectivity index (χ0v) is 17.9. The summed E-state index contributed by atoms with van der Waals surface area (Å²) in [5.41, 5.74) is 5.93. The summed E-state index contributed by atoms with van der Waals surface area (Å²) in [5, 5.41) is 18.6. The zero-order valence-electron chi connectivity index (χ0n) is 17.1. The second-order valence-corrected chi connectivity index (χ2v) is 7.61. The summed E-state index contributed by atoms with van der Waals surface area (Å²) in [5.74, 6) is -1.88. The van der Waals surface area contributed by atoms with Crippen LogP contribution in [0.2, 0.25) is 5.02 Å². The quantitative estimate of drug-likeness (QED) is 0.427. The van der Waals surface area contributed by atoms with Crippen molar-refractivity contribution in [2.24, 2.45) is 0 Å². The molecule has 0 amide bonds. The van der Waals surface area contributed by atoms with Crippen LogP contribution >= 0.6 is 11.6 Å². The molecular formula is C26H21ClO4. The van der Waals surface area contributed by atoms with Gasteiger partial charge in [0.15, 0.2) is 0 Å². The molecule has 0 saturated heterocycles. The maximum Gasteiger partial charge on any atom is 0.331 e. The maximum atomic E-state index is 11.0. The molecule has 2 N–H and O–H groups in total. The Morgan fingerprint density at radius 2 is 1.10 bits per heavy atom. The van der Waals surface area contributed by atoms with E-state index in [0.29, 0.717) is 5.02 Å². The van der Waals surface area contributed by atoms with Crippen LogP contribution in [0.15, 0.2) is 77.9 Å². The molecule has 0 aromatic heterocycles. The lowest BCUT2D eigenvalue weighted by molar-refractivity contribution is -0.133. The molecule has 0 fully saturated rings. The van der Waals surface area contributed by atoms with Crippen molar-refractivity contribution in [3.05, 3.63) is 94.0 Å². The molecule has 0 aliphatic carbocycles. The molecule has 0 heterocycles. The first-order valence-electron chi connectivity index (χ1n) is 9.58. The second-order valence-electron chi connectivity index (χ2n) is 7.20. The van der Waals surface area contributed by atoms with E-state index in [2.05, 4.69) is 0 Å². The smallest absolute Gasteiger partial charge is 0.331 e. The lowest BCUT2D eigenvalue weighted by Crippen LogP contribution is -1.95. The normalized spacial score (nSPS) is 12.0. The van der Waals surface area contributed by atoms with E-state index in [-0.39, 0.29) is 11.1 Å². The van der Waals surface area contributed by atoms with Gasteiger partial charge in [-0.25, -0.2) is 9.59 Å². The van der Waals surface area contributed by atoms with Crippen molar-refractivity contribution >= 4 is 35.7 Å². The summed E-state index contributed by atoms with van der Waals surface area (Å²) in [6.07, 6.45) is 3.24. The predicted molar refractivity (Wildman–Crippen MR) is 125 cm³/mol. The summed E-state index contributed by atoms with van der Waals surface area (Å²) >= 11 is 6.55. The number of hydrogen-bond donors (Lipinski definition) is 2. The van der Waals surface area contributed by atoms with Crippen LogP contribution in [-0.4, -0.2) is 22.2 Å². The number of rotatable bonds is 6. The van der Waals surface area contributed by atoms with Crippen LogP contribution in [-0.2, 0) is 9.59 Å². The van der Waals surface area contributed by atoms with E-state index in [1.54, 1.807) is 26.0 Å². The monoisotopic (exact) mass is 432 g/mol. The Kier molecular flexibility index (Phi) is 6.73. The van der Waals surface area contributed by atoms with E-state index in [1.807, 2.05) is 66.7 Å². The fourth-order valence-corrected chi connectivity index (χ4v) is 3.37. The number of carbonyl (C=O) groups is 2. The van der Waals surface area contributed by atoms with Crippen LogP contribution in [0.5, 0.6) is 0 Å². The SMILES string of the molecule is CC(=Cc1ccc(-c2ccc(-c3ccc(C=C(C)C(=O)O)cc3)c(Cl)c2)cc1)C(=O)O. The van der Waals surface area contributed by atoms with E-state index >= 15 is 0 Å². The van der Waals surface area contributed by atoms with Gasteiger partial charge in [-0.1, -0.05) is 72.3 Å². The number of hydrogen-bond acceptors (Lipinski definition) is 2. The minimum Gasteiger partial charge on any atom is -0.478 e. The molecule has 4 nitrogen and oxygen atoms in total. The minimum atomic E-state index is -0.941. The van der Waals surface area contributed by atoms with Crippen molar-refractivity contribution in [2.75, 3.05) is 0 Å². The van der Waals surface area contributed by atoms with Crippen molar-refractivity contribution in [1.29, 1.82) is 0 Å². The Labute approximate surface area is 185 Å². The first-order valence-corrected chi connectivity index (χ1v) is 9.96. The van der Waals surface area contributed by atoms with E-state index in [4.69, 9.17) is 21.8 Å². The van der Waals surface area contributed by atoms with Gasteiger partial charge < -0.3 is 10.2 Å². The first kappa shape index (κ1) is 22.1. The van der Waals surface area contributed by atoms with E-state index in [1.165, 1.54) is 0 Å². The molecule has 3 aromatic carbocycles. The molecule has 31 heavy (non-hydrogen) atoms. The highest BCUT2D eigenvalue weighted by Crippen LogP contribution is 2.32. The van der Waals surface area contributed by atoms with Crippen LogP contribution in [0.4, 0.5) is 0 Å². The molecule has 0 spiro atoms. The van der Waals surface area contributed by atoms with Gasteiger partial charge in [0.25, 0.3) is 0 Å². The Bertz CT molecular complexity index is 1190. The number of carboxylic acids is 2. The number of benzene rings is 3. The molecular weight excluding hydrogens is 412 g/mol. The van der Waals surface area contributed by atoms with Gasteiger partial charge in [-0.2, -0.15) is 0 Å². The molecule has 0 aliphatic rings. The average Bonchev–Trinajstić information content (AvgIpc) is 2.74. The molecule has 0 bridgehead atoms. The fourth-order valence-electron chi connectivity index (χ4n) is 3.08. The Balaban J connectivity index is 1.83. The summed E-state index contributed by atoms with van der Waals surface area (Å²) in [4.78, 5) is 21.9. The molecule has 0 unspecified atom stereocenters. The largest absolute Gasteiger partial charge is 0.478 e. The van der Waals surface area contributed by atoms with Crippen molar-refractivity contribution in [3.63, 3.8) is 0 Å². The minimum absolute atomic E-state index is 0.273. The Morgan fingerprint density at radius 1 is 0.677 bits per heavy atom. The molecule has 3 aromatic rings. The van der Waals surface area contributed by atoms with Crippen molar-refractivity contribution in [2.45, 2.75) is 13.8 Å². The fraction of sp³-hybridized carbons (Fsp3) is 0.0769. The number of halogens is 1. The first-order chi connectivity index (χ1) is 14.7. The average molecular weight is 433 g/mol. The van der Waals surface area contributed by atoms with E-state index in [0.717, 1.165) is 33.4 Å². The molecule has 0 radical (unpaired) electrons. The van der Waals surface area contributed by atoms with Crippen LogP contribution < -0.4 is 0 Å². The standard InChI is InChI=1S/C26H21ClO4/c1-16(25(28)29)13-18-3-7-20(8-4-18)22-11-12-23(24(27)15-22)21-9-5-19(6-10-21)14-17(2)26(30)31/h3-15H,1-2H3,(H,28,29)(H,30,31). The summed E-state index contributed by atoms with van der Waals surface area (Å²) < 4.78 is 0. The lowest BCUT2D eigenvalue weighted by Gasteiger charge is -2.09. The molecule has 0 aliphatic heterocycles. The third-order valence-electron chi connectivity index (χ3n) is 4.88. The molecule has 3 rings (SSSR count). The molecule has 5 heteroatoms. The zero-order chi connectivity index (χ0) is 22.5. The van der Waals surface area contributed by atoms with Crippen molar-refractivity contribution < 1.29 is 19.8 Å². The Hall–Kier alpha value is -3.63. The van der Waals surface area contributed by atoms with E-state index < -0.39 is 11.9 Å². The van der Waals surface area contributed by atoms with Gasteiger partial charge in [0, 0.05) is 21.7 Å². The van der Waals surface area contributed by atoms with Crippen LogP contribution in [0.25, 0.3) is 34.4 Å². The van der Waals surface area contributed by atoms with Crippen LogP contribution in [0, 0.1) is 0 Å². The molecule has 156 valence electrons. The van der Waals surface area contributed by atoms with Crippen LogP contribution in [0.3, 0.4) is 0 Å². The van der Waals surface area contributed by atoms with Gasteiger partial charge in [0.2, 0.25) is 0 Å². The second kappa shape index (κ2) is 9.45. The van der Waals surface area contributed by atoms with Gasteiger partial charge in [-0.3, -0.25) is 0 Å². The van der Waals surface area contributed by atoms with Crippen molar-refractivity contribution in [3.8, 4) is 22.3 Å². The third-order valence-corrected chi connectivity index (χ3v) is 5.19. The summed E-state index contributed by atoms with van der Waals surface area (Å²) in [6.45, 7) is 3.12. The third kappa shape index (κ3) is 5.50. The molecule has 0 atom stereocenters. The van der Waals surface area contributed by atoms with Gasteiger partial charge in [0.05, 0.1) is 0 Å². The summed E-state index contributed by atoms with van der Waals surface area (Å²) in [6, 6.07) is 21.0. The highest BCUT2D eigenvalue weighted by atomic mass is 35.5. The topological polar surface area (TPSA) is 74.6 Å². The van der Waals surface area contributed by atoms with Gasteiger partial charge in [-0.15, -0.1) is 0 Å². The van der Waals surface area contributed by atoms with Gasteiger partial charge in [-0.05, 0) is 59.9 Å². The van der Waals surface area contributed by atoms with Crippen molar-refractivity contribution in [1.82, 2.24) is 0 Å². The lowest BCUT2D eigenvalue weighted by atomic mass is 9.98.